The summed E-state index contributed by atoms with van der Waals surface area (Å²) in [6.07, 6.45) is -0.459. The van der Waals surface area contributed by atoms with Crippen LogP contribution in [0.1, 0.15) is 22.8 Å². The fourth-order valence-corrected chi connectivity index (χ4v) is 3.07. The van der Waals surface area contributed by atoms with Crippen LogP contribution >= 0.6 is 11.8 Å². The summed E-state index contributed by atoms with van der Waals surface area (Å²) >= 11 is 1.75. The van der Waals surface area contributed by atoms with Crippen molar-refractivity contribution in [3.8, 4) is 5.75 Å². The van der Waals surface area contributed by atoms with Crippen molar-refractivity contribution in [2.24, 2.45) is 0 Å². The number of aliphatic hydroxyl groups is 1. The maximum atomic E-state index is 10.2. The Morgan fingerprint density at radius 1 is 1.15 bits per heavy atom. The number of rotatable bonds is 6. The van der Waals surface area contributed by atoms with Crippen LogP contribution in [0.3, 0.4) is 0 Å². The van der Waals surface area contributed by atoms with Crippen molar-refractivity contribution in [1.29, 1.82) is 0 Å². The minimum Gasteiger partial charge on any atom is -0.497 e. The van der Waals surface area contributed by atoms with Gasteiger partial charge in [-0.15, -0.1) is 0 Å². The Hall–Kier alpha value is -1.45. The monoisotopic (exact) mass is 288 g/mol. The van der Waals surface area contributed by atoms with Crippen molar-refractivity contribution in [1.82, 2.24) is 0 Å². The Balaban J connectivity index is 1.89. The molecule has 1 atom stereocenters. The second-order valence-electron chi connectivity index (χ2n) is 4.73. The minimum atomic E-state index is -0.459. The maximum Gasteiger partial charge on any atom is 0.119 e. The number of methoxy groups -OCH3 is 1. The van der Waals surface area contributed by atoms with Crippen molar-refractivity contribution in [2.45, 2.75) is 18.8 Å². The summed E-state index contributed by atoms with van der Waals surface area (Å²) < 4.78 is 5.18. The molecule has 1 N–H and O–H groups in total. The predicted molar refractivity (Wildman–Crippen MR) is 85.3 cm³/mol. The summed E-state index contributed by atoms with van der Waals surface area (Å²) in [4.78, 5) is 0. The first kappa shape index (κ1) is 14.9. The average Bonchev–Trinajstić information content (AvgIpc) is 2.49. The van der Waals surface area contributed by atoms with Crippen LogP contribution in [0.2, 0.25) is 0 Å². The van der Waals surface area contributed by atoms with Crippen LogP contribution in [0, 0.1) is 6.92 Å². The van der Waals surface area contributed by atoms with E-state index in [1.165, 1.54) is 11.1 Å². The molecule has 2 rings (SSSR count). The molecule has 0 bridgehead atoms. The van der Waals surface area contributed by atoms with Gasteiger partial charge in [0.15, 0.2) is 0 Å². The Morgan fingerprint density at radius 3 is 2.70 bits per heavy atom. The van der Waals surface area contributed by atoms with Gasteiger partial charge in [0.1, 0.15) is 5.75 Å². The summed E-state index contributed by atoms with van der Waals surface area (Å²) in [5, 5.41) is 10.2. The molecule has 0 saturated carbocycles. The molecule has 0 aliphatic rings. The van der Waals surface area contributed by atoms with Crippen LogP contribution in [0.5, 0.6) is 5.75 Å². The van der Waals surface area contributed by atoms with Gasteiger partial charge < -0.3 is 9.84 Å². The first-order valence-electron chi connectivity index (χ1n) is 6.65. The zero-order valence-corrected chi connectivity index (χ0v) is 12.7. The lowest BCUT2D eigenvalue weighted by atomic mass is 10.1. The van der Waals surface area contributed by atoms with Crippen LogP contribution in [0.15, 0.2) is 48.5 Å². The molecule has 2 nitrogen and oxygen atoms in total. The Labute approximate surface area is 124 Å². The average molecular weight is 288 g/mol. The standard InChI is InChI=1S/C17H20O2S/c1-13-6-3-4-7-15(13)11-20-12-17(18)14-8-5-9-16(10-14)19-2/h3-10,17-18H,11-12H2,1-2H3. The summed E-state index contributed by atoms with van der Waals surface area (Å²) in [6, 6.07) is 16.0. The molecule has 0 amide bonds. The fraction of sp³-hybridized carbons (Fsp3) is 0.294. The largest absolute Gasteiger partial charge is 0.497 e. The zero-order valence-electron chi connectivity index (χ0n) is 11.9. The van der Waals surface area contributed by atoms with E-state index < -0.39 is 6.10 Å². The Kier molecular flexibility index (Phi) is 5.50. The molecule has 0 saturated heterocycles. The molecule has 0 aromatic heterocycles. The number of aliphatic hydroxyl groups excluding tert-OH is 1. The van der Waals surface area contributed by atoms with Gasteiger partial charge in [-0.3, -0.25) is 0 Å². The van der Waals surface area contributed by atoms with Crippen LogP contribution < -0.4 is 4.74 Å². The number of ether oxygens (including phenoxy) is 1. The highest BCUT2D eigenvalue weighted by Gasteiger charge is 2.09. The van der Waals surface area contributed by atoms with Gasteiger partial charge in [0.05, 0.1) is 13.2 Å². The first-order chi connectivity index (χ1) is 9.70. The van der Waals surface area contributed by atoms with E-state index in [0.717, 1.165) is 17.1 Å². The molecule has 3 heteroatoms. The van der Waals surface area contributed by atoms with Gasteiger partial charge in [-0.05, 0) is 35.7 Å². The summed E-state index contributed by atoms with van der Waals surface area (Å²) in [6.45, 7) is 2.12. The van der Waals surface area contributed by atoms with Gasteiger partial charge in [0, 0.05) is 11.5 Å². The molecular formula is C17H20O2S. The second-order valence-corrected chi connectivity index (χ2v) is 5.76. The Morgan fingerprint density at radius 2 is 1.95 bits per heavy atom. The van der Waals surface area contributed by atoms with E-state index >= 15 is 0 Å². The van der Waals surface area contributed by atoms with E-state index in [9.17, 15) is 5.11 Å². The molecular weight excluding hydrogens is 268 g/mol. The third kappa shape index (κ3) is 4.02. The topological polar surface area (TPSA) is 29.5 Å². The van der Waals surface area contributed by atoms with E-state index in [1.807, 2.05) is 24.3 Å². The van der Waals surface area contributed by atoms with Gasteiger partial charge in [-0.2, -0.15) is 11.8 Å². The number of aryl methyl sites for hydroxylation is 1. The van der Waals surface area contributed by atoms with E-state index in [4.69, 9.17) is 4.74 Å². The maximum absolute atomic E-state index is 10.2. The van der Waals surface area contributed by atoms with Gasteiger partial charge in [0.2, 0.25) is 0 Å². The number of hydrogen-bond donors (Lipinski definition) is 1. The SMILES string of the molecule is COc1cccc(C(O)CSCc2ccccc2C)c1. The molecule has 0 aliphatic carbocycles. The molecule has 2 aromatic rings. The summed E-state index contributed by atoms with van der Waals surface area (Å²) in [7, 11) is 1.64. The molecule has 0 fully saturated rings. The van der Waals surface area contributed by atoms with Gasteiger partial charge in [0.25, 0.3) is 0 Å². The van der Waals surface area contributed by atoms with E-state index in [0.29, 0.717) is 5.75 Å². The molecule has 0 aliphatic heterocycles. The van der Waals surface area contributed by atoms with Crippen molar-refractivity contribution >= 4 is 11.8 Å². The highest BCUT2D eigenvalue weighted by atomic mass is 32.2. The van der Waals surface area contributed by atoms with Crippen LogP contribution in [0.25, 0.3) is 0 Å². The molecule has 20 heavy (non-hydrogen) atoms. The number of thioether (sulfide) groups is 1. The molecule has 1 unspecified atom stereocenters. The molecule has 106 valence electrons. The minimum absolute atomic E-state index is 0.459. The lowest BCUT2D eigenvalue weighted by Crippen LogP contribution is -2.01. The predicted octanol–water partition coefficient (Wildman–Crippen LogP) is 3.97. The molecule has 0 radical (unpaired) electrons. The third-order valence-corrected chi connectivity index (χ3v) is 4.34. The van der Waals surface area contributed by atoms with Crippen LogP contribution in [-0.2, 0) is 5.75 Å². The highest BCUT2D eigenvalue weighted by molar-refractivity contribution is 7.98. The van der Waals surface area contributed by atoms with Crippen LogP contribution in [0.4, 0.5) is 0 Å². The lowest BCUT2D eigenvalue weighted by Gasteiger charge is -2.12. The van der Waals surface area contributed by atoms with E-state index in [2.05, 4.69) is 31.2 Å². The smallest absolute Gasteiger partial charge is 0.119 e. The molecule has 2 aromatic carbocycles. The normalized spacial score (nSPS) is 12.2. The highest BCUT2D eigenvalue weighted by Crippen LogP contribution is 2.24. The number of benzene rings is 2. The molecule has 0 spiro atoms. The third-order valence-electron chi connectivity index (χ3n) is 3.27. The van der Waals surface area contributed by atoms with Crippen molar-refractivity contribution < 1.29 is 9.84 Å². The van der Waals surface area contributed by atoms with Crippen molar-refractivity contribution in [3.05, 3.63) is 65.2 Å². The lowest BCUT2D eigenvalue weighted by molar-refractivity contribution is 0.203. The summed E-state index contributed by atoms with van der Waals surface area (Å²) in [5.74, 6) is 2.39. The van der Waals surface area contributed by atoms with E-state index in [1.54, 1.807) is 18.9 Å². The van der Waals surface area contributed by atoms with E-state index in [-0.39, 0.29) is 0 Å². The summed E-state index contributed by atoms with van der Waals surface area (Å²) in [5.41, 5.74) is 3.54. The Bertz CT molecular complexity index is 554. The fourth-order valence-electron chi connectivity index (χ4n) is 2.00. The van der Waals surface area contributed by atoms with Gasteiger partial charge >= 0.3 is 0 Å². The van der Waals surface area contributed by atoms with Gasteiger partial charge in [-0.25, -0.2) is 0 Å². The van der Waals surface area contributed by atoms with Crippen molar-refractivity contribution in [3.63, 3.8) is 0 Å². The first-order valence-corrected chi connectivity index (χ1v) is 7.80. The van der Waals surface area contributed by atoms with Gasteiger partial charge in [-0.1, -0.05) is 36.4 Å². The quantitative estimate of drug-likeness (QED) is 0.872. The van der Waals surface area contributed by atoms with Crippen LogP contribution in [-0.4, -0.2) is 18.0 Å². The second kappa shape index (κ2) is 7.36. The zero-order chi connectivity index (χ0) is 14.4. The van der Waals surface area contributed by atoms with Crippen molar-refractivity contribution in [2.75, 3.05) is 12.9 Å². The molecule has 0 heterocycles. The number of hydrogen-bond acceptors (Lipinski definition) is 3.